The summed E-state index contributed by atoms with van der Waals surface area (Å²) < 4.78 is 5.25. The van der Waals surface area contributed by atoms with Gasteiger partial charge in [0, 0.05) is 12.1 Å². The SMILES string of the molecule is C#CCOc1ccc(/C=C2/C(=O)NC(=O)N(c3ccc([N+](=O)[O-])cc3)C2=O)cc1. The first-order valence-corrected chi connectivity index (χ1v) is 8.23. The van der Waals surface area contributed by atoms with Crippen molar-refractivity contribution in [3.8, 4) is 18.1 Å². The summed E-state index contributed by atoms with van der Waals surface area (Å²) in [5, 5.41) is 12.9. The Kier molecular flexibility index (Phi) is 5.37. The number of imide groups is 2. The van der Waals surface area contributed by atoms with Gasteiger partial charge in [-0.2, -0.15) is 0 Å². The van der Waals surface area contributed by atoms with Crippen LogP contribution in [0.5, 0.6) is 5.75 Å². The Morgan fingerprint density at radius 1 is 1.10 bits per heavy atom. The fourth-order valence-corrected chi connectivity index (χ4v) is 2.57. The van der Waals surface area contributed by atoms with Crippen molar-refractivity contribution in [1.29, 1.82) is 0 Å². The number of non-ortho nitro benzene ring substituents is 1. The molecule has 1 N–H and O–H groups in total. The summed E-state index contributed by atoms with van der Waals surface area (Å²) in [7, 11) is 0. The molecule has 29 heavy (non-hydrogen) atoms. The molecule has 1 heterocycles. The smallest absolute Gasteiger partial charge is 0.335 e. The van der Waals surface area contributed by atoms with E-state index in [4.69, 9.17) is 11.2 Å². The maximum Gasteiger partial charge on any atom is 0.335 e. The lowest BCUT2D eigenvalue weighted by Gasteiger charge is -2.26. The second-order valence-corrected chi connectivity index (χ2v) is 5.79. The zero-order valence-electron chi connectivity index (χ0n) is 14.8. The van der Waals surface area contributed by atoms with E-state index in [-0.39, 0.29) is 23.6 Å². The van der Waals surface area contributed by atoms with Gasteiger partial charge in [0.2, 0.25) is 0 Å². The first-order valence-electron chi connectivity index (χ1n) is 8.23. The third-order valence-corrected chi connectivity index (χ3v) is 3.93. The van der Waals surface area contributed by atoms with E-state index in [9.17, 15) is 24.5 Å². The van der Waals surface area contributed by atoms with Crippen molar-refractivity contribution in [1.82, 2.24) is 5.32 Å². The molecule has 1 aliphatic heterocycles. The van der Waals surface area contributed by atoms with Crippen LogP contribution in [-0.2, 0) is 9.59 Å². The van der Waals surface area contributed by atoms with Crippen molar-refractivity contribution in [2.45, 2.75) is 0 Å². The van der Waals surface area contributed by atoms with Crippen LogP contribution in [-0.4, -0.2) is 29.4 Å². The number of urea groups is 1. The minimum atomic E-state index is -0.941. The molecule has 0 atom stereocenters. The van der Waals surface area contributed by atoms with Gasteiger partial charge < -0.3 is 4.74 Å². The Morgan fingerprint density at radius 2 is 1.76 bits per heavy atom. The second-order valence-electron chi connectivity index (χ2n) is 5.79. The summed E-state index contributed by atoms with van der Waals surface area (Å²) in [6.07, 6.45) is 6.45. The molecule has 9 heteroatoms. The Balaban J connectivity index is 1.89. The highest BCUT2D eigenvalue weighted by Crippen LogP contribution is 2.24. The van der Waals surface area contributed by atoms with Gasteiger partial charge in [-0.05, 0) is 35.9 Å². The number of terminal acetylenes is 1. The molecule has 4 amide bonds. The van der Waals surface area contributed by atoms with E-state index in [1.165, 1.54) is 18.2 Å². The molecular formula is C20H13N3O6. The molecule has 144 valence electrons. The van der Waals surface area contributed by atoms with E-state index in [2.05, 4.69) is 11.2 Å². The second kappa shape index (κ2) is 8.06. The topological polar surface area (TPSA) is 119 Å². The van der Waals surface area contributed by atoms with Crippen molar-refractivity contribution in [2.24, 2.45) is 0 Å². The number of rotatable bonds is 5. The largest absolute Gasteiger partial charge is 0.481 e. The van der Waals surface area contributed by atoms with Gasteiger partial charge in [-0.25, -0.2) is 9.69 Å². The van der Waals surface area contributed by atoms with Crippen LogP contribution in [0.2, 0.25) is 0 Å². The number of ether oxygens (including phenoxy) is 1. The molecule has 0 aromatic heterocycles. The van der Waals surface area contributed by atoms with Gasteiger partial charge in [0.25, 0.3) is 17.5 Å². The number of carbonyl (C=O) groups excluding carboxylic acids is 3. The predicted octanol–water partition coefficient (Wildman–Crippen LogP) is 2.27. The van der Waals surface area contributed by atoms with E-state index >= 15 is 0 Å². The van der Waals surface area contributed by atoms with Crippen LogP contribution in [0.25, 0.3) is 6.08 Å². The van der Waals surface area contributed by atoms with E-state index in [0.717, 1.165) is 17.0 Å². The Morgan fingerprint density at radius 3 is 2.34 bits per heavy atom. The number of benzene rings is 2. The van der Waals surface area contributed by atoms with Crippen molar-refractivity contribution < 1.29 is 24.0 Å². The quantitative estimate of drug-likeness (QED) is 0.275. The van der Waals surface area contributed by atoms with Crippen LogP contribution in [0.3, 0.4) is 0 Å². The van der Waals surface area contributed by atoms with Crippen LogP contribution in [0.4, 0.5) is 16.2 Å². The third kappa shape index (κ3) is 4.12. The molecule has 1 aliphatic rings. The Labute approximate surface area is 164 Å². The minimum Gasteiger partial charge on any atom is -0.481 e. The first-order chi connectivity index (χ1) is 13.9. The summed E-state index contributed by atoms with van der Waals surface area (Å²) in [6, 6.07) is 10.3. The van der Waals surface area contributed by atoms with E-state index in [1.54, 1.807) is 24.3 Å². The lowest BCUT2D eigenvalue weighted by Crippen LogP contribution is -2.54. The standard InChI is InChI=1S/C20H13N3O6/c1-2-11-29-16-9-3-13(4-10-16)12-17-18(24)21-20(26)22(19(17)25)14-5-7-15(8-6-14)23(27)28/h1,3-10,12H,11H2,(H,21,24,26)/b17-12-. The van der Waals surface area contributed by atoms with Crippen molar-refractivity contribution in [3.63, 3.8) is 0 Å². The van der Waals surface area contributed by atoms with Gasteiger partial charge in [0.1, 0.15) is 17.9 Å². The molecule has 1 saturated heterocycles. The number of carbonyl (C=O) groups is 3. The van der Waals surface area contributed by atoms with Gasteiger partial charge >= 0.3 is 6.03 Å². The van der Waals surface area contributed by atoms with Gasteiger partial charge in [0.15, 0.2) is 0 Å². The van der Waals surface area contributed by atoms with Gasteiger partial charge in [0.05, 0.1) is 10.6 Å². The van der Waals surface area contributed by atoms with Crippen LogP contribution < -0.4 is 15.0 Å². The molecule has 0 spiro atoms. The molecule has 0 bridgehead atoms. The zero-order valence-corrected chi connectivity index (χ0v) is 14.8. The van der Waals surface area contributed by atoms with Gasteiger partial charge in [-0.1, -0.05) is 18.1 Å². The summed E-state index contributed by atoms with van der Waals surface area (Å²) in [4.78, 5) is 48.0. The normalized spacial score (nSPS) is 15.1. The number of anilines is 1. The van der Waals surface area contributed by atoms with Crippen LogP contribution in [0.1, 0.15) is 5.56 Å². The molecule has 9 nitrogen and oxygen atoms in total. The van der Waals surface area contributed by atoms with Crippen molar-refractivity contribution >= 4 is 35.3 Å². The van der Waals surface area contributed by atoms with Gasteiger partial charge in [-0.3, -0.25) is 25.0 Å². The Hall–Kier alpha value is -4.45. The summed E-state index contributed by atoms with van der Waals surface area (Å²) in [5.41, 5.74) is 0.155. The summed E-state index contributed by atoms with van der Waals surface area (Å²) in [6.45, 7) is 0.105. The number of nitrogens with one attached hydrogen (secondary N) is 1. The lowest BCUT2D eigenvalue weighted by atomic mass is 10.1. The predicted molar refractivity (Wildman–Crippen MR) is 103 cm³/mol. The average molecular weight is 391 g/mol. The highest BCUT2D eigenvalue weighted by atomic mass is 16.6. The molecular weight excluding hydrogens is 378 g/mol. The molecule has 1 fully saturated rings. The van der Waals surface area contributed by atoms with Crippen LogP contribution in [0.15, 0.2) is 54.1 Å². The van der Waals surface area contributed by atoms with Crippen molar-refractivity contribution in [2.75, 3.05) is 11.5 Å². The molecule has 2 aromatic rings. The summed E-state index contributed by atoms with van der Waals surface area (Å²) >= 11 is 0. The maximum atomic E-state index is 12.8. The van der Waals surface area contributed by atoms with Gasteiger partial charge in [-0.15, -0.1) is 6.42 Å². The maximum absolute atomic E-state index is 12.8. The Bertz CT molecular complexity index is 1060. The van der Waals surface area contributed by atoms with E-state index < -0.39 is 22.8 Å². The highest BCUT2D eigenvalue weighted by Gasteiger charge is 2.36. The number of nitrogens with zero attached hydrogens (tertiary/aromatic N) is 2. The number of hydrogen-bond acceptors (Lipinski definition) is 6. The van der Waals surface area contributed by atoms with Crippen LogP contribution in [0, 0.1) is 22.5 Å². The van der Waals surface area contributed by atoms with E-state index in [0.29, 0.717) is 11.3 Å². The number of nitro benzene ring substituents is 1. The number of barbiturate groups is 1. The average Bonchev–Trinajstić information content (AvgIpc) is 2.70. The molecule has 0 saturated carbocycles. The summed E-state index contributed by atoms with van der Waals surface area (Å²) in [5.74, 6) is 1.17. The lowest BCUT2D eigenvalue weighted by molar-refractivity contribution is -0.384. The minimum absolute atomic E-state index is 0.0922. The fourth-order valence-electron chi connectivity index (χ4n) is 2.57. The zero-order chi connectivity index (χ0) is 21.0. The number of hydrogen-bond donors (Lipinski definition) is 1. The highest BCUT2D eigenvalue weighted by molar-refractivity contribution is 6.39. The molecule has 0 unspecified atom stereocenters. The third-order valence-electron chi connectivity index (χ3n) is 3.93. The van der Waals surface area contributed by atoms with Crippen LogP contribution >= 0.6 is 0 Å². The van der Waals surface area contributed by atoms with Crippen molar-refractivity contribution in [3.05, 3.63) is 69.8 Å². The molecule has 0 radical (unpaired) electrons. The fraction of sp³-hybridized carbons (Fsp3) is 0.0500. The first kappa shape index (κ1) is 19.3. The van der Waals surface area contributed by atoms with E-state index in [1.807, 2.05) is 0 Å². The monoisotopic (exact) mass is 391 g/mol. The number of nitro groups is 1. The molecule has 3 rings (SSSR count). The molecule has 0 aliphatic carbocycles. The molecule has 2 aromatic carbocycles. The number of amides is 4.